The van der Waals surface area contributed by atoms with E-state index in [1.165, 1.54) is 51.5 Å². The van der Waals surface area contributed by atoms with Crippen molar-refractivity contribution in [2.24, 2.45) is 5.92 Å². The zero-order chi connectivity index (χ0) is 9.10. The van der Waals surface area contributed by atoms with Gasteiger partial charge in [0.15, 0.2) is 0 Å². The van der Waals surface area contributed by atoms with Crippen LogP contribution in [0.5, 0.6) is 0 Å². The minimum atomic E-state index is 0.461. The van der Waals surface area contributed by atoms with Crippen molar-refractivity contribution in [3.63, 3.8) is 0 Å². The van der Waals surface area contributed by atoms with Gasteiger partial charge in [0.25, 0.3) is 0 Å². The van der Waals surface area contributed by atoms with E-state index >= 15 is 0 Å². The summed E-state index contributed by atoms with van der Waals surface area (Å²) in [6.07, 6.45) is 9.41. The number of nitrogens with one attached hydrogen (secondary N) is 1. The molecule has 0 amide bonds. The minimum absolute atomic E-state index is 0.461. The third kappa shape index (κ3) is 2.60. The second kappa shape index (κ2) is 4.65. The summed E-state index contributed by atoms with van der Waals surface area (Å²) in [5, 5.41) is 4.11. The van der Waals surface area contributed by atoms with Gasteiger partial charge in [-0.15, -0.1) is 11.6 Å². The van der Waals surface area contributed by atoms with E-state index in [1.807, 2.05) is 0 Å². The van der Waals surface area contributed by atoms with Gasteiger partial charge in [0.1, 0.15) is 0 Å². The molecule has 1 saturated heterocycles. The highest BCUT2D eigenvalue weighted by Crippen LogP contribution is 2.32. The van der Waals surface area contributed by atoms with Crippen molar-refractivity contribution in [1.82, 2.24) is 5.32 Å². The van der Waals surface area contributed by atoms with Crippen LogP contribution in [0.1, 0.15) is 44.9 Å². The summed E-state index contributed by atoms with van der Waals surface area (Å²) < 4.78 is 0. The lowest BCUT2D eigenvalue weighted by Gasteiger charge is -2.35. The van der Waals surface area contributed by atoms with Gasteiger partial charge in [0.2, 0.25) is 0 Å². The fourth-order valence-corrected chi connectivity index (χ4v) is 3.20. The molecule has 0 aromatic carbocycles. The number of halogens is 1. The molecule has 2 aliphatic rings. The normalized spacial score (nSPS) is 41.8. The second-order valence-electron chi connectivity index (χ2n) is 4.58. The van der Waals surface area contributed by atoms with Gasteiger partial charge < -0.3 is 5.32 Å². The Morgan fingerprint density at radius 2 is 1.92 bits per heavy atom. The molecule has 0 bridgehead atoms. The van der Waals surface area contributed by atoms with Crippen LogP contribution in [-0.2, 0) is 0 Å². The molecule has 76 valence electrons. The van der Waals surface area contributed by atoms with Crippen molar-refractivity contribution < 1.29 is 0 Å². The molecule has 0 aromatic heterocycles. The van der Waals surface area contributed by atoms with Gasteiger partial charge in [-0.05, 0) is 44.6 Å². The molecular weight excluding hydrogens is 182 g/mol. The summed E-state index contributed by atoms with van der Waals surface area (Å²) >= 11 is 6.20. The minimum Gasteiger partial charge on any atom is -0.314 e. The van der Waals surface area contributed by atoms with Crippen LogP contribution in [0.15, 0.2) is 0 Å². The SMILES string of the molecule is ClC1CCCC(C2CCCCN2)C1. The quantitative estimate of drug-likeness (QED) is 0.644. The molecule has 3 atom stereocenters. The van der Waals surface area contributed by atoms with Crippen LogP contribution in [0.3, 0.4) is 0 Å². The first kappa shape index (κ1) is 9.79. The molecule has 1 aliphatic carbocycles. The highest BCUT2D eigenvalue weighted by molar-refractivity contribution is 6.20. The van der Waals surface area contributed by atoms with Crippen LogP contribution < -0.4 is 5.32 Å². The van der Waals surface area contributed by atoms with E-state index < -0.39 is 0 Å². The second-order valence-corrected chi connectivity index (χ2v) is 5.20. The van der Waals surface area contributed by atoms with Crippen molar-refractivity contribution in [3.8, 4) is 0 Å². The fourth-order valence-electron chi connectivity index (χ4n) is 2.81. The molecule has 0 spiro atoms. The lowest BCUT2D eigenvalue weighted by Crippen LogP contribution is -2.41. The van der Waals surface area contributed by atoms with E-state index in [0.29, 0.717) is 5.38 Å². The van der Waals surface area contributed by atoms with Crippen LogP contribution in [0.25, 0.3) is 0 Å². The number of rotatable bonds is 1. The molecule has 1 nitrogen and oxygen atoms in total. The summed E-state index contributed by atoms with van der Waals surface area (Å²) in [6, 6.07) is 0.787. The average Bonchev–Trinajstić information content (AvgIpc) is 2.19. The summed E-state index contributed by atoms with van der Waals surface area (Å²) in [5.74, 6) is 0.872. The molecule has 2 heteroatoms. The average molecular weight is 202 g/mol. The Morgan fingerprint density at radius 3 is 2.62 bits per heavy atom. The van der Waals surface area contributed by atoms with Crippen LogP contribution in [-0.4, -0.2) is 18.0 Å². The van der Waals surface area contributed by atoms with E-state index in [4.69, 9.17) is 11.6 Å². The first-order valence-corrected chi connectivity index (χ1v) is 6.17. The van der Waals surface area contributed by atoms with Crippen LogP contribution in [0, 0.1) is 5.92 Å². The van der Waals surface area contributed by atoms with Gasteiger partial charge in [-0.1, -0.05) is 12.8 Å². The maximum absolute atomic E-state index is 6.20. The zero-order valence-corrected chi connectivity index (χ0v) is 9.02. The monoisotopic (exact) mass is 201 g/mol. The molecule has 1 saturated carbocycles. The van der Waals surface area contributed by atoms with E-state index in [9.17, 15) is 0 Å². The Labute approximate surface area is 86.2 Å². The molecule has 13 heavy (non-hydrogen) atoms. The number of hydrogen-bond acceptors (Lipinski definition) is 1. The highest BCUT2D eigenvalue weighted by atomic mass is 35.5. The van der Waals surface area contributed by atoms with Gasteiger partial charge in [-0.25, -0.2) is 0 Å². The van der Waals surface area contributed by atoms with Gasteiger partial charge >= 0.3 is 0 Å². The third-order valence-electron chi connectivity index (χ3n) is 3.57. The number of hydrogen-bond donors (Lipinski definition) is 1. The Balaban J connectivity index is 1.83. The van der Waals surface area contributed by atoms with Gasteiger partial charge in [0.05, 0.1) is 0 Å². The van der Waals surface area contributed by atoms with E-state index in [1.54, 1.807) is 0 Å². The largest absolute Gasteiger partial charge is 0.314 e. The van der Waals surface area contributed by atoms with Crippen LogP contribution in [0.4, 0.5) is 0 Å². The van der Waals surface area contributed by atoms with E-state index in [-0.39, 0.29) is 0 Å². The van der Waals surface area contributed by atoms with Gasteiger partial charge in [-0.2, -0.15) is 0 Å². The van der Waals surface area contributed by atoms with Gasteiger partial charge in [0, 0.05) is 11.4 Å². The molecule has 0 aromatic rings. The van der Waals surface area contributed by atoms with Crippen molar-refractivity contribution in [1.29, 1.82) is 0 Å². The fraction of sp³-hybridized carbons (Fsp3) is 1.00. The molecular formula is C11H20ClN. The maximum Gasteiger partial charge on any atom is 0.0339 e. The first-order valence-electron chi connectivity index (χ1n) is 5.74. The highest BCUT2D eigenvalue weighted by Gasteiger charge is 2.27. The topological polar surface area (TPSA) is 12.0 Å². The molecule has 2 rings (SSSR count). The summed E-state index contributed by atoms with van der Waals surface area (Å²) in [5.41, 5.74) is 0. The van der Waals surface area contributed by atoms with Crippen molar-refractivity contribution in [2.75, 3.05) is 6.54 Å². The van der Waals surface area contributed by atoms with Crippen molar-refractivity contribution >= 4 is 11.6 Å². The molecule has 3 unspecified atom stereocenters. The van der Waals surface area contributed by atoms with E-state index in [2.05, 4.69) is 5.32 Å². The Hall–Kier alpha value is 0.250. The summed E-state index contributed by atoms with van der Waals surface area (Å²) in [6.45, 7) is 1.23. The summed E-state index contributed by atoms with van der Waals surface area (Å²) in [7, 11) is 0. The standard InChI is InChI=1S/C11H20ClN/c12-10-5-3-4-9(8-10)11-6-1-2-7-13-11/h9-11,13H,1-8H2. The smallest absolute Gasteiger partial charge is 0.0339 e. The van der Waals surface area contributed by atoms with Crippen molar-refractivity contribution in [3.05, 3.63) is 0 Å². The number of piperidine rings is 1. The van der Waals surface area contributed by atoms with Gasteiger partial charge in [-0.3, -0.25) is 0 Å². The van der Waals surface area contributed by atoms with Crippen LogP contribution in [0.2, 0.25) is 0 Å². The predicted octanol–water partition coefficient (Wildman–Crippen LogP) is 2.93. The van der Waals surface area contributed by atoms with Crippen molar-refractivity contribution in [2.45, 2.75) is 56.4 Å². The van der Waals surface area contributed by atoms with Crippen LogP contribution >= 0.6 is 11.6 Å². The van der Waals surface area contributed by atoms with E-state index in [0.717, 1.165) is 12.0 Å². The Kier molecular flexibility index (Phi) is 3.51. The lowest BCUT2D eigenvalue weighted by molar-refractivity contribution is 0.237. The lowest BCUT2D eigenvalue weighted by atomic mass is 9.81. The summed E-state index contributed by atoms with van der Waals surface area (Å²) in [4.78, 5) is 0. The molecule has 1 heterocycles. The molecule has 1 aliphatic heterocycles. The Morgan fingerprint density at radius 1 is 1.00 bits per heavy atom. The third-order valence-corrected chi connectivity index (χ3v) is 3.96. The Bertz CT molecular complexity index is 154. The molecule has 1 N–H and O–H groups in total. The molecule has 2 fully saturated rings. The molecule has 0 radical (unpaired) electrons. The number of alkyl halides is 1. The first-order chi connectivity index (χ1) is 6.36. The predicted molar refractivity (Wildman–Crippen MR) is 57.2 cm³/mol. The zero-order valence-electron chi connectivity index (χ0n) is 8.27. The maximum atomic E-state index is 6.20.